The number of benzene rings is 6. The van der Waals surface area contributed by atoms with Crippen molar-refractivity contribution in [2.24, 2.45) is 0 Å². The molecule has 182 valence electrons. The molecule has 9 aromatic rings. The number of aromatic nitrogens is 1. The van der Waals surface area contributed by atoms with Crippen molar-refractivity contribution < 1.29 is 4.42 Å². The van der Waals surface area contributed by atoms with Gasteiger partial charge in [0, 0.05) is 47.4 Å². The van der Waals surface area contributed by atoms with Crippen LogP contribution in [0.2, 0.25) is 0 Å². The molecule has 0 unspecified atom stereocenters. The third kappa shape index (κ3) is 2.91. The molecule has 0 aliphatic carbocycles. The van der Waals surface area contributed by atoms with Crippen LogP contribution in [0.25, 0.3) is 80.7 Å². The molecule has 0 saturated heterocycles. The summed E-state index contributed by atoms with van der Waals surface area (Å²) >= 11 is 1.87. The second-order valence-corrected chi connectivity index (χ2v) is 11.2. The molecular weight excluding hydrogens is 494 g/mol. The summed E-state index contributed by atoms with van der Waals surface area (Å²) in [5.74, 6) is 0. The van der Waals surface area contributed by atoms with E-state index in [0.717, 1.165) is 16.6 Å². The van der Waals surface area contributed by atoms with Crippen LogP contribution in [0.3, 0.4) is 0 Å². The van der Waals surface area contributed by atoms with Gasteiger partial charge in [-0.3, -0.25) is 0 Å². The number of hydrogen-bond acceptors (Lipinski definition) is 2. The molecule has 0 aliphatic heterocycles. The van der Waals surface area contributed by atoms with Crippen molar-refractivity contribution in [1.29, 1.82) is 0 Å². The minimum Gasteiger partial charge on any atom is -0.456 e. The van der Waals surface area contributed by atoms with Crippen molar-refractivity contribution in [3.63, 3.8) is 0 Å². The molecule has 0 radical (unpaired) electrons. The Morgan fingerprint density at radius 1 is 0.462 bits per heavy atom. The molecular formula is C36H21NOS. The Labute approximate surface area is 227 Å². The number of furan rings is 1. The van der Waals surface area contributed by atoms with Crippen LogP contribution in [0.15, 0.2) is 132 Å². The van der Waals surface area contributed by atoms with Crippen molar-refractivity contribution in [3.05, 3.63) is 127 Å². The second-order valence-electron chi connectivity index (χ2n) is 10.1. The van der Waals surface area contributed by atoms with Crippen molar-refractivity contribution >= 4 is 75.3 Å². The minimum atomic E-state index is 0.929. The first-order chi connectivity index (χ1) is 19.3. The van der Waals surface area contributed by atoms with Gasteiger partial charge >= 0.3 is 0 Å². The fourth-order valence-corrected chi connectivity index (χ4v) is 7.54. The van der Waals surface area contributed by atoms with E-state index >= 15 is 0 Å². The molecule has 0 aliphatic rings. The molecule has 3 aromatic heterocycles. The van der Waals surface area contributed by atoms with E-state index in [9.17, 15) is 0 Å². The maximum atomic E-state index is 6.22. The fourth-order valence-electron chi connectivity index (χ4n) is 6.38. The van der Waals surface area contributed by atoms with Gasteiger partial charge in [0.25, 0.3) is 0 Å². The summed E-state index contributed by atoms with van der Waals surface area (Å²) < 4.78 is 11.2. The van der Waals surface area contributed by atoms with E-state index in [4.69, 9.17) is 4.42 Å². The van der Waals surface area contributed by atoms with Crippen molar-refractivity contribution in [2.75, 3.05) is 0 Å². The van der Waals surface area contributed by atoms with Gasteiger partial charge in [0.2, 0.25) is 0 Å². The Morgan fingerprint density at radius 2 is 1.10 bits per heavy atom. The topological polar surface area (TPSA) is 18.1 Å². The summed E-state index contributed by atoms with van der Waals surface area (Å²) in [6.07, 6.45) is 0. The molecule has 3 heteroatoms. The molecule has 3 heterocycles. The average molecular weight is 516 g/mol. The molecule has 0 fully saturated rings. The predicted octanol–water partition coefficient (Wildman–Crippen LogP) is 10.7. The molecule has 39 heavy (non-hydrogen) atoms. The van der Waals surface area contributed by atoms with Crippen molar-refractivity contribution in [2.45, 2.75) is 0 Å². The van der Waals surface area contributed by atoms with E-state index in [2.05, 4.69) is 126 Å². The molecule has 0 bridgehead atoms. The Hall–Kier alpha value is -4.86. The summed E-state index contributed by atoms with van der Waals surface area (Å²) in [6, 6.07) is 45.8. The van der Waals surface area contributed by atoms with Gasteiger partial charge in [-0.05, 0) is 53.6 Å². The number of rotatable bonds is 2. The Bertz CT molecular complexity index is 2350. The highest BCUT2D eigenvalue weighted by atomic mass is 32.1. The number of hydrogen-bond donors (Lipinski definition) is 0. The zero-order valence-corrected chi connectivity index (χ0v) is 21.7. The monoisotopic (exact) mass is 515 g/mol. The molecule has 6 aromatic carbocycles. The predicted molar refractivity (Wildman–Crippen MR) is 166 cm³/mol. The van der Waals surface area contributed by atoms with Gasteiger partial charge in [-0.25, -0.2) is 0 Å². The number of para-hydroxylation sites is 3. The van der Waals surface area contributed by atoms with Gasteiger partial charge in [-0.2, -0.15) is 0 Å². The van der Waals surface area contributed by atoms with Gasteiger partial charge in [0.1, 0.15) is 11.2 Å². The summed E-state index contributed by atoms with van der Waals surface area (Å²) in [5, 5.41) is 7.51. The van der Waals surface area contributed by atoms with E-state index in [1.165, 1.54) is 64.2 Å². The van der Waals surface area contributed by atoms with Crippen LogP contribution in [0.1, 0.15) is 0 Å². The van der Waals surface area contributed by atoms with E-state index < -0.39 is 0 Å². The molecule has 0 spiro atoms. The molecule has 0 N–H and O–H groups in total. The smallest absolute Gasteiger partial charge is 0.136 e. The Balaban J connectivity index is 1.32. The van der Waals surface area contributed by atoms with Crippen LogP contribution < -0.4 is 0 Å². The number of nitrogens with zero attached hydrogens (tertiary/aromatic N) is 1. The quantitative estimate of drug-likeness (QED) is 0.224. The average Bonchev–Trinajstić information content (AvgIpc) is 3.66. The molecule has 0 saturated carbocycles. The minimum absolute atomic E-state index is 0.929. The zero-order chi connectivity index (χ0) is 25.5. The van der Waals surface area contributed by atoms with E-state index in [-0.39, 0.29) is 0 Å². The van der Waals surface area contributed by atoms with Gasteiger partial charge in [0.15, 0.2) is 0 Å². The maximum Gasteiger partial charge on any atom is 0.136 e. The van der Waals surface area contributed by atoms with Gasteiger partial charge < -0.3 is 8.98 Å². The molecule has 2 nitrogen and oxygen atoms in total. The Morgan fingerprint density at radius 3 is 1.90 bits per heavy atom. The van der Waals surface area contributed by atoms with Crippen LogP contribution >= 0.6 is 11.3 Å². The first-order valence-electron chi connectivity index (χ1n) is 13.2. The lowest BCUT2D eigenvalue weighted by Crippen LogP contribution is -1.93. The Kier molecular flexibility index (Phi) is 4.24. The van der Waals surface area contributed by atoms with Gasteiger partial charge in [-0.1, -0.05) is 84.9 Å². The maximum absolute atomic E-state index is 6.22. The number of fused-ring (bicyclic) bond motifs is 9. The van der Waals surface area contributed by atoms with Gasteiger partial charge in [-0.15, -0.1) is 11.3 Å². The lowest BCUT2D eigenvalue weighted by atomic mass is 9.95. The molecule has 9 rings (SSSR count). The first-order valence-corrected chi connectivity index (χ1v) is 14.0. The van der Waals surface area contributed by atoms with Gasteiger partial charge in [0.05, 0.1) is 11.0 Å². The lowest BCUT2D eigenvalue weighted by molar-refractivity contribution is 0.669. The van der Waals surface area contributed by atoms with Crippen molar-refractivity contribution in [1.82, 2.24) is 4.57 Å². The first kappa shape index (κ1) is 21.1. The lowest BCUT2D eigenvalue weighted by Gasteiger charge is -2.09. The molecule has 0 atom stereocenters. The van der Waals surface area contributed by atoms with Crippen LogP contribution in [0.4, 0.5) is 0 Å². The largest absolute Gasteiger partial charge is 0.456 e. The summed E-state index contributed by atoms with van der Waals surface area (Å²) in [7, 11) is 0. The molecule has 0 amide bonds. The van der Waals surface area contributed by atoms with E-state index in [1.807, 2.05) is 17.4 Å². The summed E-state index contributed by atoms with van der Waals surface area (Å²) in [4.78, 5) is 0. The standard InChI is InChI=1S/C36H21NOS/c1-4-14-29-23(9-1)24-10-2-5-15-30(24)37(29)22-19-20-28-34(21-22)39-33-18-8-13-26(36(28)33)25-12-7-17-32-35(25)27-11-3-6-16-31(27)38-32/h1-21H. The second kappa shape index (κ2) is 7.83. The van der Waals surface area contributed by atoms with Crippen molar-refractivity contribution in [3.8, 4) is 16.8 Å². The highest BCUT2D eigenvalue weighted by Crippen LogP contribution is 2.44. The van der Waals surface area contributed by atoms with Crippen LogP contribution in [0, 0.1) is 0 Å². The third-order valence-electron chi connectivity index (χ3n) is 8.01. The SMILES string of the molecule is c1ccc2c(c1)oc1cccc(-c3cccc4sc5cc(-n6c7ccccc7c7ccccc76)ccc5c34)c12. The number of thiophene rings is 1. The third-order valence-corrected chi connectivity index (χ3v) is 9.13. The van der Waals surface area contributed by atoms with Crippen LogP contribution in [-0.2, 0) is 0 Å². The summed E-state index contributed by atoms with van der Waals surface area (Å²) in [5.41, 5.74) is 7.99. The normalized spacial score (nSPS) is 12.1. The zero-order valence-electron chi connectivity index (χ0n) is 20.9. The van der Waals surface area contributed by atoms with Crippen LogP contribution in [-0.4, -0.2) is 4.57 Å². The fraction of sp³-hybridized carbons (Fsp3) is 0. The summed E-state index contributed by atoms with van der Waals surface area (Å²) in [6.45, 7) is 0. The highest BCUT2D eigenvalue weighted by Gasteiger charge is 2.18. The van der Waals surface area contributed by atoms with E-state index in [0.29, 0.717) is 0 Å². The van der Waals surface area contributed by atoms with Crippen LogP contribution in [0.5, 0.6) is 0 Å². The van der Waals surface area contributed by atoms with E-state index in [1.54, 1.807) is 0 Å². The highest BCUT2D eigenvalue weighted by molar-refractivity contribution is 7.26.